The molecular weight excluding hydrogens is 390 g/mol. The van der Waals surface area contributed by atoms with Crippen molar-refractivity contribution in [3.05, 3.63) is 51.4 Å². The van der Waals surface area contributed by atoms with E-state index in [0.29, 0.717) is 21.5 Å². The Labute approximate surface area is 164 Å². The molecule has 3 heterocycles. The average molecular weight is 406 g/mol. The Kier molecular flexibility index (Phi) is 4.65. The first-order valence-electron chi connectivity index (χ1n) is 8.10. The van der Waals surface area contributed by atoms with Crippen LogP contribution in [-0.2, 0) is 4.79 Å². The summed E-state index contributed by atoms with van der Waals surface area (Å²) < 4.78 is 6.09. The molecule has 0 unspecified atom stereocenters. The third kappa shape index (κ3) is 3.57. The van der Waals surface area contributed by atoms with Gasteiger partial charge in [-0.15, -0.1) is 16.9 Å². The second kappa shape index (κ2) is 7.10. The molecule has 140 valence electrons. The molecule has 2 aliphatic rings. The number of fused-ring (bicyclic) bond motifs is 1. The molecule has 3 N–H and O–H groups in total. The maximum absolute atomic E-state index is 12.1. The molecule has 0 radical (unpaired) electrons. The van der Waals surface area contributed by atoms with Crippen molar-refractivity contribution in [3.8, 4) is 5.75 Å². The van der Waals surface area contributed by atoms with Crippen molar-refractivity contribution in [1.29, 1.82) is 0 Å². The number of rotatable bonds is 4. The van der Waals surface area contributed by atoms with Crippen molar-refractivity contribution >= 4 is 46.1 Å². The molecule has 2 amide bonds. The zero-order valence-corrected chi connectivity index (χ0v) is 15.9. The van der Waals surface area contributed by atoms with Crippen molar-refractivity contribution < 1.29 is 14.3 Å². The molecule has 0 saturated heterocycles. The van der Waals surface area contributed by atoms with E-state index < -0.39 is 0 Å². The maximum atomic E-state index is 12.1. The third-order valence-corrected chi connectivity index (χ3v) is 5.40. The molecule has 0 aliphatic carbocycles. The molecule has 0 saturated carbocycles. The summed E-state index contributed by atoms with van der Waals surface area (Å²) in [5.41, 5.74) is 8.36. The Morgan fingerprint density at radius 2 is 2.22 bits per heavy atom. The molecule has 0 atom stereocenters. The first-order chi connectivity index (χ1) is 13.0. The van der Waals surface area contributed by atoms with Crippen LogP contribution in [0.1, 0.15) is 9.67 Å². The number of carbonyl (C=O) groups is 2. The standard InChI is InChI=1S/C17H16ClN5O3S/c1-22-12-3-2-11(6-13(12)26-9-16(22)24)23-8-10(20-21-23)7-19-17(25)14-4-5-15(18)27-14/h2-6,8,20-21H,7,9H2,1H3,(H,19,25). The van der Waals surface area contributed by atoms with E-state index in [1.165, 1.54) is 11.3 Å². The highest BCUT2D eigenvalue weighted by Gasteiger charge is 2.23. The van der Waals surface area contributed by atoms with E-state index in [1.807, 2.05) is 24.4 Å². The number of amides is 2. The van der Waals surface area contributed by atoms with Crippen LogP contribution in [-0.4, -0.2) is 32.0 Å². The van der Waals surface area contributed by atoms with Crippen LogP contribution in [0.15, 0.2) is 42.2 Å². The first-order valence-corrected chi connectivity index (χ1v) is 9.29. The number of ether oxygens (including phenoxy) is 1. The summed E-state index contributed by atoms with van der Waals surface area (Å²) in [7, 11) is 1.72. The second-order valence-corrected chi connectivity index (χ2v) is 7.66. The van der Waals surface area contributed by atoms with Crippen LogP contribution in [0.4, 0.5) is 11.4 Å². The first kappa shape index (κ1) is 17.7. The summed E-state index contributed by atoms with van der Waals surface area (Å²) in [5, 5.41) is 4.60. The lowest BCUT2D eigenvalue weighted by Crippen LogP contribution is -2.38. The summed E-state index contributed by atoms with van der Waals surface area (Å²) in [4.78, 5) is 25.9. The van der Waals surface area contributed by atoms with Gasteiger partial charge in [0.2, 0.25) is 0 Å². The highest BCUT2D eigenvalue weighted by Crippen LogP contribution is 2.34. The molecule has 1 aromatic heterocycles. The SMILES string of the molecule is CN1C(=O)COc2cc(N3C=C(CNC(=O)c4ccc(Cl)s4)NN3)ccc21. The number of likely N-dealkylation sites (N-methyl/N-ethyl adjacent to an activating group) is 1. The predicted molar refractivity (Wildman–Crippen MR) is 104 cm³/mol. The van der Waals surface area contributed by atoms with Crippen molar-refractivity contribution in [3.63, 3.8) is 0 Å². The molecule has 0 spiro atoms. The zero-order valence-electron chi connectivity index (χ0n) is 14.3. The van der Waals surface area contributed by atoms with Crippen molar-refractivity contribution in [2.24, 2.45) is 0 Å². The largest absolute Gasteiger partial charge is 0.481 e. The van der Waals surface area contributed by atoms with Gasteiger partial charge in [-0.3, -0.25) is 14.6 Å². The van der Waals surface area contributed by atoms with Crippen LogP contribution < -0.4 is 30.9 Å². The number of hydrogen-bond donors (Lipinski definition) is 3. The molecule has 2 aliphatic heterocycles. The number of carbonyl (C=O) groups excluding carboxylic acids is 2. The van der Waals surface area contributed by atoms with Gasteiger partial charge in [-0.2, -0.15) is 0 Å². The van der Waals surface area contributed by atoms with Crippen LogP contribution in [0, 0.1) is 0 Å². The van der Waals surface area contributed by atoms with Gasteiger partial charge in [0.25, 0.3) is 11.8 Å². The van der Waals surface area contributed by atoms with E-state index in [1.54, 1.807) is 29.1 Å². The van der Waals surface area contributed by atoms with Crippen LogP contribution in [0.3, 0.4) is 0 Å². The number of benzene rings is 1. The van der Waals surface area contributed by atoms with Crippen molar-refractivity contribution in [2.75, 3.05) is 30.1 Å². The number of hydrogen-bond acceptors (Lipinski definition) is 7. The average Bonchev–Trinajstić information content (AvgIpc) is 3.32. The number of nitrogens with zero attached hydrogens (tertiary/aromatic N) is 2. The molecule has 0 fully saturated rings. The monoisotopic (exact) mass is 405 g/mol. The minimum Gasteiger partial charge on any atom is -0.481 e. The Balaban J connectivity index is 1.42. The van der Waals surface area contributed by atoms with Gasteiger partial charge in [0, 0.05) is 19.3 Å². The lowest BCUT2D eigenvalue weighted by atomic mass is 10.2. The van der Waals surface area contributed by atoms with E-state index in [9.17, 15) is 9.59 Å². The topological polar surface area (TPSA) is 85.9 Å². The van der Waals surface area contributed by atoms with E-state index in [-0.39, 0.29) is 18.4 Å². The van der Waals surface area contributed by atoms with Crippen LogP contribution >= 0.6 is 22.9 Å². The highest BCUT2D eigenvalue weighted by molar-refractivity contribution is 7.18. The van der Waals surface area contributed by atoms with Crippen molar-refractivity contribution in [1.82, 2.24) is 16.3 Å². The fourth-order valence-electron chi connectivity index (χ4n) is 2.70. The van der Waals surface area contributed by atoms with E-state index in [2.05, 4.69) is 16.3 Å². The summed E-state index contributed by atoms with van der Waals surface area (Å²) in [6, 6.07) is 8.94. The van der Waals surface area contributed by atoms with Crippen LogP contribution in [0.25, 0.3) is 0 Å². The summed E-state index contributed by atoms with van der Waals surface area (Å²) in [6.45, 7) is 0.356. The van der Waals surface area contributed by atoms with Crippen LogP contribution in [0.5, 0.6) is 5.75 Å². The highest BCUT2D eigenvalue weighted by atomic mass is 35.5. The lowest BCUT2D eigenvalue weighted by molar-refractivity contribution is -0.120. The molecule has 0 bridgehead atoms. The van der Waals surface area contributed by atoms with Gasteiger partial charge >= 0.3 is 0 Å². The smallest absolute Gasteiger partial charge is 0.264 e. The van der Waals surface area contributed by atoms with E-state index >= 15 is 0 Å². The van der Waals surface area contributed by atoms with E-state index in [0.717, 1.165) is 17.1 Å². The van der Waals surface area contributed by atoms with Gasteiger partial charge in [0.15, 0.2) is 6.61 Å². The maximum Gasteiger partial charge on any atom is 0.264 e. The number of thiophene rings is 1. The molecule has 10 heteroatoms. The number of hydrazine groups is 2. The lowest BCUT2D eigenvalue weighted by Gasteiger charge is -2.27. The summed E-state index contributed by atoms with van der Waals surface area (Å²) in [5.74, 6) is 0.380. The van der Waals surface area contributed by atoms with Gasteiger partial charge in [-0.1, -0.05) is 11.6 Å². The summed E-state index contributed by atoms with van der Waals surface area (Å²) in [6.07, 6.45) is 1.83. The van der Waals surface area contributed by atoms with E-state index in [4.69, 9.17) is 16.3 Å². The minimum absolute atomic E-state index is 0.0263. The van der Waals surface area contributed by atoms with Gasteiger partial charge in [0.1, 0.15) is 5.75 Å². The van der Waals surface area contributed by atoms with Gasteiger partial charge < -0.3 is 20.4 Å². The molecule has 1 aromatic carbocycles. The minimum atomic E-state index is -0.178. The van der Waals surface area contributed by atoms with Crippen LogP contribution in [0.2, 0.25) is 4.34 Å². The number of halogens is 1. The van der Waals surface area contributed by atoms with Crippen molar-refractivity contribution in [2.45, 2.75) is 0 Å². The molecule has 4 rings (SSSR count). The molecule has 8 nitrogen and oxygen atoms in total. The predicted octanol–water partition coefficient (Wildman–Crippen LogP) is 1.86. The second-order valence-electron chi connectivity index (χ2n) is 5.94. The Bertz CT molecular complexity index is 944. The quantitative estimate of drug-likeness (QED) is 0.720. The number of anilines is 2. The van der Waals surface area contributed by atoms with Gasteiger partial charge in [-0.25, -0.2) is 0 Å². The Morgan fingerprint density at radius 1 is 1.37 bits per heavy atom. The zero-order chi connectivity index (χ0) is 19.0. The molecule has 27 heavy (non-hydrogen) atoms. The fraction of sp³-hybridized carbons (Fsp3) is 0.176. The Hall–Kier alpha value is -2.75. The van der Waals surface area contributed by atoms with Gasteiger partial charge in [0.05, 0.1) is 32.8 Å². The fourth-order valence-corrected chi connectivity index (χ4v) is 3.66. The Morgan fingerprint density at radius 3 is 3.00 bits per heavy atom. The summed E-state index contributed by atoms with van der Waals surface area (Å²) >= 11 is 7.09. The molecular formula is C17H16ClN5O3S. The van der Waals surface area contributed by atoms with Gasteiger partial charge in [-0.05, 0) is 24.3 Å². The third-order valence-electron chi connectivity index (χ3n) is 4.17. The normalized spacial score (nSPS) is 15.8. The number of nitrogens with one attached hydrogen (secondary N) is 3. The molecule has 2 aromatic rings.